The largest absolute Gasteiger partial charge is 0.733 e. The van der Waals surface area contributed by atoms with Gasteiger partial charge >= 0.3 is 5.63 Å². The van der Waals surface area contributed by atoms with E-state index in [1.165, 1.54) is 24.3 Å². The molecular formula is C16H12N3O5-. The van der Waals surface area contributed by atoms with Crippen LogP contribution in [0.25, 0.3) is 0 Å². The van der Waals surface area contributed by atoms with Gasteiger partial charge in [0.05, 0.1) is 17.2 Å². The Kier molecular flexibility index (Phi) is 3.73. The van der Waals surface area contributed by atoms with Crippen LogP contribution in [-0.2, 0) is 0 Å². The predicted octanol–water partition coefficient (Wildman–Crippen LogP) is 1.86. The van der Waals surface area contributed by atoms with E-state index in [9.17, 15) is 15.3 Å². The molecule has 0 unspecified atom stereocenters. The quantitative estimate of drug-likeness (QED) is 0.798. The van der Waals surface area contributed by atoms with Crippen LogP contribution < -0.4 is 21.3 Å². The van der Waals surface area contributed by atoms with E-state index < -0.39 is 11.5 Å². The van der Waals surface area contributed by atoms with Crippen LogP contribution in [0.3, 0.4) is 0 Å². The highest BCUT2D eigenvalue weighted by molar-refractivity contribution is 5.57. The molecule has 2 heterocycles. The second kappa shape index (κ2) is 5.73. The molecular weight excluding hydrogens is 314 g/mol. The van der Waals surface area contributed by atoms with E-state index in [-0.39, 0.29) is 33.7 Å². The maximum Gasteiger partial charge on any atom is 0.343 e. The van der Waals surface area contributed by atoms with Gasteiger partial charge in [0.25, 0.3) is 0 Å². The van der Waals surface area contributed by atoms with Crippen LogP contribution in [0.1, 0.15) is 22.8 Å². The molecule has 122 valence electrons. The molecule has 1 aromatic carbocycles. The van der Waals surface area contributed by atoms with Gasteiger partial charge in [-0.05, 0) is 24.6 Å². The third-order valence-electron chi connectivity index (χ3n) is 3.68. The topological polar surface area (TPSA) is 136 Å². The molecule has 3 rings (SSSR count). The van der Waals surface area contributed by atoms with Gasteiger partial charge in [0.1, 0.15) is 23.2 Å². The van der Waals surface area contributed by atoms with E-state index >= 15 is 0 Å². The van der Waals surface area contributed by atoms with Gasteiger partial charge in [-0.3, -0.25) is 5.21 Å². The van der Waals surface area contributed by atoms with Crippen LogP contribution >= 0.6 is 0 Å². The van der Waals surface area contributed by atoms with Crippen molar-refractivity contribution in [2.75, 3.05) is 5.23 Å². The number of fused-ring (bicyclic) bond motifs is 1. The van der Waals surface area contributed by atoms with Crippen LogP contribution in [0.2, 0.25) is 0 Å². The Hall–Kier alpha value is -3.28. The summed E-state index contributed by atoms with van der Waals surface area (Å²) >= 11 is 0. The summed E-state index contributed by atoms with van der Waals surface area (Å²) in [5.74, 6) is -0.469. The Labute approximate surface area is 136 Å². The molecule has 0 saturated carbocycles. The number of hydrogen-bond acceptors (Lipinski definition) is 8. The van der Waals surface area contributed by atoms with Crippen molar-refractivity contribution in [2.24, 2.45) is 5.73 Å². The first-order valence-electron chi connectivity index (χ1n) is 6.90. The Morgan fingerprint density at radius 1 is 1.42 bits per heavy atom. The molecule has 0 amide bonds. The number of nitrogens with zero attached hydrogens (tertiary/aromatic N) is 2. The summed E-state index contributed by atoms with van der Waals surface area (Å²) in [6, 6.07) is 9.29. The van der Waals surface area contributed by atoms with Crippen LogP contribution in [-0.4, -0.2) is 5.21 Å². The number of nitrogens with two attached hydrogens (primary N) is 1. The van der Waals surface area contributed by atoms with Crippen molar-refractivity contribution in [1.82, 2.24) is 0 Å². The average Bonchev–Trinajstić information content (AvgIpc) is 2.53. The standard InChI is InChI=1S/C16H12N3O5/c1-8-5-12-14(16(20)23-8)13(11(7-17)15(18)24-12)9-3-2-4-10(6-9)19(21)22/h2-6,13,21H,18H2,1H3/q-1/t13-/m0/s1. The summed E-state index contributed by atoms with van der Waals surface area (Å²) in [5, 5.41) is 29.3. The molecule has 0 fully saturated rings. The van der Waals surface area contributed by atoms with Gasteiger partial charge in [0.15, 0.2) is 0 Å². The van der Waals surface area contributed by atoms with Crippen LogP contribution in [0.4, 0.5) is 5.69 Å². The molecule has 1 aliphatic heterocycles. The molecule has 0 radical (unpaired) electrons. The van der Waals surface area contributed by atoms with Crippen molar-refractivity contribution in [3.63, 3.8) is 0 Å². The number of nitriles is 1. The molecule has 1 atom stereocenters. The van der Waals surface area contributed by atoms with Gasteiger partial charge in [0, 0.05) is 6.07 Å². The van der Waals surface area contributed by atoms with E-state index in [0.717, 1.165) is 0 Å². The molecule has 1 aliphatic rings. The van der Waals surface area contributed by atoms with Crippen LogP contribution in [0, 0.1) is 23.5 Å². The summed E-state index contributed by atoms with van der Waals surface area (Å²) in [5.41, 5.74) is 5.65. The van der Waals surface area contributed by atoms with E-state index in [1.54, 1.807) is 13.0 Å². The van der Waals surface area contributed by atoms with E-state index in [2.05, 4.69) is 0 Å². The minimum absolute atomic E-state index is 0.0196. The minimum atomic E-state index is -0.865. The monoisotopic (exact) mass is 326 g/mol. The number of rotatable bonds is 2. The predicted molar refractivity (Wildman–Crippen MR) is 83.1 cm³/mol. The molecule has 2 aromatic rings. The molecule has 3 N–H and O–H groups in total. The fourth-order valence-electron chi connectivity index (χ4n) is 2.67. The normalized spacial score (nSPS) is 16.2. The number of benzene rings is 1. The van der Waals surface area contributed by atoms with Gasteiger partial charge in [-0.15, -0.1) is 0 Å². The molecule has 0 bridgehead atoms. The molecule has 8 nitrogen and oxygen atoms in total. The van der Waals surface area contributed by atoms with Crippen LogP contribution in [0.15, 0.2) is 51.0 Å². The number of hydrogen-bond donors (Lipinski definition) is 2. The first kappa shape index (κ1) is 15.6. The van der Waals surface area contributed by atoms with Crippen molar-refractivity contribution < 1.29 is 14.4 Å². The Morgan fingerprint density at radius 2 is 2.17 bits per heavy atom. The Morgan fingerprint density at radius 3 is 2.83 bits per heavy atom. The van der Waals surface area contributed by atoms with Gasteiger partial charge in [-0.2, -0.15) is 5.26 Å². The van der Waals surface area contributed by atoms with Gasteiger partial charge < -0.3 is 25.3 Å². The molecule has 0 saturated heterocycles. The molecule has 8 heteroatoms. The second-order valence-corrected chi connectivity index (χ2v) is 5.22. The van der Waals surface area contributed by atoms with Crippen LogP contribution in [0.5, 0.6) is 5.75 Å². The maximum absolute atomic E-state index is 12.3. The summed E-state index contributed by atoms with van der Waals surface area (Å²) in [7, 11) is 0. The van der Waals surface area contributed by atoms with E-state index in [0.29, 0.717) is 11.3 Å². The highest BCUT2D eigenvalue weighted by Crippen LogP contribution is 2.41. The van der Waals surface area contributed by atoms with Gasteiger partial charge in [-0.1, -0.05) is 12.1 Å². The van der Waals surface area contributed by atoms with E-state index in [4.69, 9.17) is 20.1 Å². The third kappa shape index (κ3) is 2.48. The summed E-state index contributed by atoms with van der Waals surface area (Å²) in [6.07, 6.45) is 0. The zero-order chi connectivity index (χ0) is 17.4. The van der Waals surface area contributed by atoms with Crippen molar-refractivity contribution in [3.8, 4) is 11.8 Å². The summed E-state index contributed by atoms with van der Waals surface area (Å²) in [4.78, 5) is 12.3. The first-order chi connectivity index (χ1) is 11.4. The molecule has 24 heavy (non-hydrogen) atoms. The SMILES string of the molecule is Cc1cc2c(c(=O)o1)[C@@H](c1cccc(N([O-])O)c1)C(C#N)=C(N)O2. The number of anilines is 1. The first-order valence-corrected chi connectivity index (χ1v) is 6.90. The molecule has 0 spiro atoms. The highest BCUT2D eigenvalue weighted by Gasteiger charge is 2.34. The lowest BCUT2D eigenvalue weighted by Gasteiger charge is -2.27. The second-order valence-electron chi connectivity index (χ2n) is 5.22. The Bertz CT molecular complexity index is 939. The zero-order valence-corrected chi connectivity index (χ0v) is 12.5. The van der Waals surface area contributed by atoms with Crippen molar-refractivity contribution in [2.45, 2.75) is 12.8 Å². The number of allylic oxidation sites excluding steroid dienone is 1. The van der Waals surface area contributed by atoms with Crippen molar-refractivity contribution in [3.05, 3.63) is 74.3 Å². The molecule has 0 aliphatic carbocycles. The van der Waals surface area contributed by atoms with E-state index in [1.807, 2.05) is 6.07 Å². The maximum atomic E-state index is 12.3. The lowest BCUT2D eigenvalue weighted by Crippen LogP contribution is -2.26. The third-order valence-corrected chi connectivity index (χ3v) is 3.68. The zero-order valence-electron chi connectivity index (χ0n) is 12.5. The molecule has 1 aromatic heterocycles. The summed E-state index contributed by atoms with van der Waals surface area (Å²) in [6.45, 7) is 1.58. The van der Waals surface area contributed by atoms with Gasteiger partial charge in [-0.25, -0.2) is 4.79 Å². The van der Waals surface area contributed by atoms with Gasteiger partial charge in [0.2, 0.25) is 5.88 Å². The lowest BCUT2D eigenvalue weighted by atomic mass is 9.84. The lowest BCUT2D eigenvalue weighted by molar-refractivity contribution is 0.296. The highest BCUT2D eigenvalue weighted by atomic mass is 16.8. The minimum Gasteiger partial charge on any atom is -0.733 e. The van der Waals surface area contributed by atoms with Crippen molar-refractivity contribution >= 4 is 5.69 Å². The smallest absolute Gasteiger partial charge is 0.343 e. The fraction of sp³-hybridized carbons (Fsp3) is 0.125. The Balaban J connectivity index is 2.28. The number of ether oxygens (including phenoxy) is 1. The fourth-order valence-corrected chi connectivity index (χ4v) is 2.67. The number of aryl methyl sites for hydroxylation is 1. The average molecular weight is 326 g/mol. The summed E-state index contributed by atoms with van der Waals surface area (Å²) < 4.78 is 10.5. The van der Waals surface area contributed by atoms with Crippen molar-refractivity contribution in [1.29, 1.82) is 5.26 Å².